The Morgan fingerprint density at radius 2 is 2.22 bits per heavy atom. The fourth-order valence-electron chi connectivity index (χ4n) is 2.31. The minimum atomic E-state index is -1.36. The van der Waals surface area contributed by atoms with Crippen LogP contribution in [0.15, 0.2) is 24.3 Å². The number of hydrogen-bond acceptors (Lipinski definition) is 4. The molecule has 0 aliphatic heterocycles. The zero-order chi connectivity index (χ0) is 13.1. The van der Waals surface area contributed by atoms with Crippen LogP contribution >= 0.6 is 0 Å². The molecule has 1 aromatic carbocycles. The molecule has 4 heteroatoms. The standard InChI is InChI=1S/C14H16O4/c1-2-18-14(17)13(16)11-8-7-9-5-3-4-6-10(9)12(11)15/h3-6,11,13,16H,2,7-8H2,1H3. The number of benzene rings is 1. The van der Waals surface area contributed by atoms with Crippen LogP contribution in [0.1, 0.15) is 29.3 Å². The first-order valence-electron chi connectivity index (χ1n) is 6.12. The Hall–Kier alpha value is -1.68. The summed E-state index contributed by atoms with van der Waals surface area (Å²) in [6, 6.07) is 7.31. The van der Waals surface area contributed by atoms with Gasteiger partial charge in [0.1, 0.15) is 0 Å². The first-order valence-corrected chi connectivity index (χ1v) is 6.12. The van der Waals surface area contributed by atoms with Gasteiger partial charge in [0.2, 0.25) is 0 Å². The summed E-state index contributed by atoms with van der Waals surface area (Å²) < 4.78 is 4.75. The Labute approximate surface area is 106 Å². The number of fused-ring (bicyclic) bond motifs is 1. The summed E-state index contributed by atoms with van der Waals surface area (Å²) in [5.74, 6) is -1.56. The highest BCUT2D eigenvalue weighted by atomic mass is 16.5. The molecule has 18 heavy (non-hydrogen) atoms. The van der Waals surface area contributed by atoms with Gasteiger partial charge in [0.15, 0.2) is 11.9 Å². The number of rotatable bonds is 3. The van der Waals surface area contributed by atoms with Gasteiger partial charge in [0, 0.05) is 5.56 Å². The van der Waals surface area contributed by atoms with E-state index in [9.17, 15) is 14.7 Å². The van der Waals surface area contributed by atoms with Crippen LogP contribution in [-0.2, 0) is 16.0 Å². The van der Waals surface area contributed by atoms with Crippen molar-refractivity contribution in [2.24, 2.45) is 5.92 Å². The van der Waals surface area contributed by atoms with Gasteiger partial charge in [-0.3, -0.25) is 4.79 Å². The number of Topliss-reactive ketones (excluding diaryl/α,β-unsaturated/α-hetero) is 1. The summed E-state index contributed by atoms with van der Waals surface area (Å²) in [6.45, 7) is 1.87. The lowest BCUT2D eigenvalue weighted by Crippen LogP contribution is -2.38. The molecule has 0 bridgehead atoms. The van der Waals surface area contributed by atoms with E-state index in [1.807, 2.05) is 12.1 Å². The molecule has 2 atom stereocenters. The van der Waals surface area contributed by atoms with Crippen molar-refractivity contribution >= 4 is 11.8 Å². The van der Waals surface area contributed by atoms with Gasteiger partial charge in [-0.15, -0.1) is 0 Å². The Morgan fingerprint density at radius 3 is 2.94 bits per heavy atom. The highest BCUT2D eigenvalue weighted by Gasteiger charge is 2.36. The highest BCUT2D eigenvalue weighted by molar-refractivity contribution is 6.02. The molecule has 0 heterocycles. The number of carbonyl (C=O) groups excluding carboxylic acids is 2. The number of aliphatic hydroxyl groups is 1. The van der Waals surface area contributed by atoms with Crippen LogP contribution in [0.2, 0.25) is 0 Å². The summed E-state index contributed by atoms with van der Waals surface area (Å²) in [7, 11) is 0. The van der Waals surface area contributed by atoms with Crippen molar-refractivity contribution in [2.45, 2.75) is 25.9 Å². The molecule has 1 aliphatic rings. The van der Waals surface area contributed by atoms with Gasteiger partial charge >= 0.3 is 5.97 Å². The van der Waals surface area contributed by atoms with Crippen LogP contribution in [0, 0.1) is 5.92 Å². The molecule has 0 saturated carbocycles. The van der Waals surface area contributed by atoms with Gasteiger partial charge < -0.3 is 9.84 Å². The summed E-state index contributed by atoms with van der Waals surface area (Å²) in [6.07, 6.45) is -0.176. The van der Waals surface area contributed by atoms with Crippen LogP contribution in [0.25, 0.3) is 0 Å². The monoisotopic (exact) mass is 248 g/mol. The average Bonchev–Trinajstić information content (AvgIpc) is 2.39. The van der Waals surface area contributed by atoms with E-state index in [1.165, 1.54) is 0 Å². The van der Waals surface area contributed by atoms with Gasteiger partial charge in [0.05, 0.1) is 12.5 Å². The van der Waals surface area contributed by atoms with Gasteiger partial charge in [-0.25, -0.2) is 4.79 Å². The third-order valence-corrected chi connectivity index (χ3v) is 3.25. The molecule has 0 fully saturated rings. The Balaban J connectivity index is 2.19. The zero-order valence-electron chi connectivity index (χ0n) is 10.3. The maximum Gasteiger partial charge on any atom is 0.335 e. The van der Waals surface area contributed by atoms with Gasteiger partial charge in [-0.2, -0.15) is 0 Å². The second-order valence-corrected chi connectivity index (χ2v) is 4.36. The molecular formula is C14H16O4. The fourth-order valence-corrected chi connectivity index (χ4v) is 2.31. The molecule has 1 aliphatic carbocycles. The third-order valence-electron chi connectivity index (χ3n) is 3.25. The molecule has 0 saturated heterocycles. The van der Waals surface area contributed by atoms with Crippen LogP contribution < -0.4 is 0 Å². The Bertz CT molecular complexity index is 467. The first kappa shape index (κ1) is 12.8. The Kier molecular flexibility index (Phi) is 3.77. The van der Waals surface area contributed by atoms with Crippen molar-refractivity contribution in [3.05, 3.63) is 35.4 Å². The quantitative estimate of drug-likeness (QED) is 0.820. The van der Waals surface area contributed by atoms with E-state index in [0.29, 0.717) is 18.4 Å². The summed E-state index contributed by atoms with van der Waals surface area (Å²) in [4.78, 5) is 23.7. The molecular weight excluding hydrogens is 232 g/mol. The van der Waals surface area contributed by atoms with E-state index in [2.05, 4.69) is 0 Å². The zero-order valence-corrected chi connectivity index (χ0v) is 10.3. The number of hydrogen-bond donors (Lipinski definition) is 1. The second kappa shape index (κ2) is 5.31. The molecule has 0 spiro atoms. The topological polar surface area (TPSA) is 63.6 Å². The average molecular weight is 248 g/mol. The minimum Gasteiger partial charge on any atom is -0.464 e. The van der Waals surface area contributed by atoms with Crippen molar-refractivity contribution in [1.29, 1.82) is 0 Å². The van der Waals surface area contributed by atoms with E-state index >= 15 is 0 Å². The summed E-state index contributed by atoms with van der Waals surface area (Å²) in [5.41, 5.74) is 1.59. The van der Waals surface area contributed by atoms with Crippen LogP contribution in [0.3, 0.4) is 0 Å². The summed E-state index contributed by atoms with van der Waals surface area (Å²) >= 11 is 0. The molecule has 2 rings (SSSR count). The molecule has 0 radical (unpaired) electrons. The lowest BCUT2D eigenvalue weighted by molar-refractivity contribution is -0.155. The van der Waals surface area contributed by atoms with Crippen molar-refractivity contribution < 1.29 is 19.4 Å². The molecule has 2 unspecified atom stereocenters. The van der Waals surface area contributed by atoms with E-state index in [4.69, 9.17) is 4.74 Å². The van der Waals surface area contributed by atoms with Crippen molar-refractivity contribution in [3.63, 3.8) is 0 Å². The van der Waals surface area contributed by atoms with E-state index in [0.717, 1.165) is 5.56 Å². The highest BCUT2D eigenvalue weighted by Crippen LogP contribution is 2.28. The van der Waals surface area contributed by atoms with Gasteiger partial charge in [0.25, 0.3) is 0 Å². The number of ketones is 1. The first-order chi connectivity index (χ1) is 8.65. The molecule has 1 aromatic rings. The van der Waals surface area contributed by atoms with Crippen molar-refractivity contribution in [3.8, 4) is 0 Å². The SMILES string of the molecule is CCOC(=O)C(O)C1CCc2ccccc2C1=O. The largest absolute Gasteiger partial charge is 0.464 e. The Morgan fingerprint density at radius 1 is 1.50 bits per heavy atom. The third kappa shape index (κ3) is 2.29. The normalized spacial score (nSPS) is 20.1. The maximum absolute atomic E-state index is 12.2. The summed E-state index contributed by atoms with van der Waals surface area (Å²) in [5, 5.41) is 9.87. The number of esters is 1. The van der Waals surface area contributed by atoms with Crippen LogP contribution in [-0.4, -0.2) is 29.6 Å². The number of ether oxygens (including phenoxy) is 1. The number of carbonyl (C=O) groups is 2. The lowest BCUT2D eigenvalue weighted by Gasteiger charge is -2.25. The fraction of sp³-hybridized carbons (Fsp3) is 0.429. The van der Waals surface area contributed by atoms with E-state index in [-0.39, 0.29) is 12.4 Å². The van der Waals surface area contributed by atoms with Gasteiger partial charge in [-0.05, 0) is 25.3 Å². The van der Waals surface area contributed by atoms with Crippen LogP contribution in [0.4, 0.5) is 0 Å². The molecule has 1 N–H and O–H groups in total. The number of aliphatic hydroxyl groups excluding tert-OH is 1. The minimum absolute atomic E-state index is 0.169. The van der Waals surface area contributed by atoms with E-state index < -0.39 is 18.0 Å². The van der Waals surface area contributed by atoms with Gasteiger partial charge in [-0.1, -0.05) is 24.3 Å². The maximum atomic E-state index is 12.2. The second-order valence-electron chi connectivity index (χ2n) is 4.36. The van der Waals surface area contributed by atoms with Crippen molar-refractivity contribution in [1.82, 2.24) is 0 Å². The molecule has 0 amide bonds. The molecule has 0 aromatic heterocycles. The lowest BCUT2D eigenvalue weighted by atomic mass is 9.80. The predicted molar refractivity (Wildman–Crippen MR) is 65.2 cm³/mol. The van der Waals surface area contributed by atoms with Crippen LogP contribution in [0.5, 0.6) is 0 Å². The number of aryl methyl sites for hydroxylation is 1. The molecule has 96 valence electrons. The smallest absolute Gasteiger partial charge is 0.335 e. The van der Waals surface area contributed by atoms with Crippen molar-refractivity contribution in [2.75, 3.05) is 6.61 Å². The predicted octanol–water partition coefficient (Wildman–Crippen LogP) is 1.36. The molecule has 4 nitrogen and oxygen atoms in total. The van der Waals surface area contributed by atoms with E-state index in [1.54, 1.807) is 19.1 Å².